The van der Waals surface area contributed by atoms with Gasteiger partial charge in [0.25, 0.3) is 5.56 Å². The number of aromatic nitrogens is 2. The van der Waals surface area contributed by atoms with Gasteiger partial charge in [0.15, 0.2) is 0 Å². The topological polar surface area (TPSA) is 44.1 Å². The summed E-state index contributed by atoms with van der Waals surface area (Å²) >= 11 is 17.8. The Labute approximate surface area is 147 Å². The molecule has 0 saturated heterocycles. The van der Waals surface area contributed by atoms with Crippen molar-refractivity contribution >= 4 is 45.7 Å². The molecule has 0 N–H and O–H groups in total. The number of fused-ring (bicyclic) bond motifs is 1. The van der Waals surface area contributed by atoms with Gasteiger partial charge in [-0.05, 0) is 36.4 Å². The SMILES string of the molecule is O=c1c2cc(Cl)cc(Cl)c2ncn1CCOc1ccc(Cl)cc1. The van der Waals surface area contributed by atoms with Gasteiger partial charge in [0, 0.05) is 10.0 Å². The third kappa shape index (κ3) is 3.61. The third-order valence-electron chi connectivity index (χ3n) is 3.26. The molecule has 0 radical (unpaired) electrons. The highest BCUT2D eigenvalue weighted by Crippen LogP contribution is 2.24. The fourth-order valence-electron chi connectivity index (χ4n) is 2.15. The first-order chi connectivity index (χ1) is 11.0. The van der Waals surface area contributed by atoms with Gasteiger partial charge in [-0.15, -0.1) is 0 Å². The summed E-state index contributed by atoms with van der Waals surface area (Å²) in [5, 5.41) is 1.78. The molecule has 23 heavy (non-hydrogen) atoms. The first-order valence-corrected chi connectivity index (χ1v) is 7.90. The smallest absolute Gasteiger partial charge is 0.261 e. The first-order valence-electron chi connectivity index (χ1n) is 6.77. The van der Waals surface area contributed by atoms with Crippen molar-refractivity contribution in [2.45, 2.75) is 6.54 Å². The minimum Gasteiger partial charge on any atom is -0.492 e. The Balaban J connectivity index is 1.79. The lowest BCUT2D eigenvalue weighted by Crippen LogP contribution is -2.23. The Hall–Kier alpha value is -1.75. The van der Waals surface area contributed by atoms with Crippen LogP contribution < -0.4 is 10.3 Å². The van der Waals surface area contributed by atoms with E-state index in [2.05, 4.69) is 4.98 Å². The van der Waals surface area contributed by atoms with E-state index in [1.54, 1.807) is 36.4 Å². The lowest BCUT2D eigenvalue weighted by Gasteiger charge is -2.09. The van der Waals surface area contributed by atoms with Gasteiger partial charge < -0.3 is 4.74 Å². The molecule has 0 amide bonds. The van der Waals surface area contributed by atoms with Crippen LogP contribution in [0.5, 0.6) is 5.75 Å². The van der Waals surface area contributed by atoms with Crippen molar-refractivity contribution in [3.05, 3.63) is 68.1 Å². The molecule has 1 heterocycles. The molecule has 7 heteroatoms. The van der Waals surface area contributed by atoms with Crippen LogP contribution in [0, 0.1) is 0 Å². The second-order valence-corrected chi connectivity index (χ2v) is 6.11. The summed E-state index contributed by atoms with van der Waals surface area (Å²) in [5.41, 5.74) is 0.232. The standard InChI is InChI=1S/C16H11Cl3N2O2/c17-10-1-3-12(4-2-10)23-6-5-21-9-20-15-13(16(21)22)7-11(18)8-14(15)19/h1-4,7-9H,5-6H2. The predicted molar refractivity (Wildman–Crippen MR) is 93.0 cm³/mol. The Bertz CT molecular complexity index is 908. The number of halogens is 3. The van der Waals surface area contributed by atoms with E-state index in [1.165, 1.54) is 10.9 Å². The van der Waals surface area contributed by atoms with E-state index in [0.717, 1.165) is 0 Å². The molecular formula is C16H11Cl3N2O2. The first kappa shape index (κ1) is 16.1. The highest BCUT2D eigenvalue weighted by atomic mass is 35.5. The van der Waals surface area contributed by atoms with Crippen LogP contribution in [0.3, 0.4) is 0 Å². The molecule has 2 aromatic carbocycles. The van der Waals surface area contributed by atoms with Crippen LogP contribution in [0.4, 0.5) is 0 Å². The largest absolute Gasteiger partial charge is 0.492 e. The van der Waals surface area contributed by atoms with Crippen molar-refractivity contribution in [1.82, 2.24) is 9.55 Å². The zero-order chi connectivity index (χ0) is 16.4. The van der Waals surface area contributed by atoms with Gasteiger partial charge in [-0.25, -0.2) is 4.98 Å². The summed E-state index contributed by atoms with van der Waals surface area (Å²) in [7, 11) is 0. The van der Waals surface area contributed by atoms with Crippen LogP contribution in [0.1, 0.15) is 0 Å². The van der Waals surface area contributed by atoms with Crippen LogP contribution in [-0.2, 0) is 6.54 Å². The summed E-state index contributed by atoms with van der Waals surface area (Å²) < 4.78 is 7.04. The van der Waals surface area contributed by atoms with Crippen molar-refractivity contribution < 1.29 is 4.74 Å². The Morgan fingerprint density at radius 1 is 1.04 bits per heavy atom. The molecule has 0 unspecified atom stereocenters. The van der Waals surface area contributed by atoms with Gasteiger partial charge in [0.2, 0.25) is 0 Å². The highest BCUT2D eigenvalue weighted by Gasteiger charge is 2.09. The molecule has 0 aliphatic heterocycles. The molecule has 3 rings (SSSR count). The molecule has 3 aromatic rings. The maximum atomic E-state index is 12.5. The molecule has 0 aliphatic carbocycles. The second-order valence-electron chi connectivity index (χ2n) is 4.83. The molecule has 0 bridgehead atoms. The molecule has 0 atom stereocenters. The van der Waals surface area contributed by atoms with E-state index >= 15 is 0 Å². The van der Waals surface area contributed by atoms with Gasteiger partial charge in [-0.2, -0.15) is 0 Å². The monoisotopic (exact) mass is 368 g/mol. The molecule has 0 spiro atoms. The Morgan fingerprint density at radius 2 is 1.78 bits per heavy atom. The van der Waals surface area contributed by atoms with Gasteiger partial charge in [-0.3, -0.25) is 9.36 Å². The molecule has 118 valence electrons. The quantitative estimate of drug-likeness (QED) is 0.683. The molecule has 0 fully saturated rings. The van der Waals surface area contributed by atoms with Gasteiger partial charge in [0.05, 0.1) is 28.8 Å². The maximum Gasteiger partial charge on any atom is 0.261 e. The zero-order valence-corrected chi connectivity index (χ0v) is 14.1. The van der Waals surface area contributed by atoms with Crippen molar-refractivity contribution in [2.75, 3.05) is 6.61 Å². The van der Waals surface area contributed by atoms with Crippen LogP contribution >= 0.6 is 34.8 Å². The van der Waals surface area contributed by atoms with Crippen LogP contribution in [0.25, 0.3) is 10.9 Å². The van der Waals surface area contributed by atoms with E-state index in [0.29, 0.717) is 44.9 Å². The summed E-state index contributed by atoms with van der Waals surface area (Å²) in [6, 6.07) is 10.1. The maximum absolute atomic E-state index is 12.5. The molecule has 4 nitrogen and oxygen atoms in total. The van der Waals surface area contributed by atoms with Crippen LogP contribution in [-0.4, -0.2) is 16.2 Å². The average molecular weight is 370 g/mol. The number of ether oxygens (including phenoxy) is 1. The van der Waals surface area contributed by atoms with Crippen molar-refractivity contribution in [1.29, 1.82) is 0 Å². The highest BCUT2D eigenvalue weighted by molar-refractivity contribution is 6.38. The van der Waals surface area contributed by atoms with Gasteiger partial charge in [0.1, 0.15) is 12.4 Å². The predicted octanol–water partition coefficient (Wildman–Crippen LogP) is 4.44. The molecule has 0 aliphatic rings. The van der Waals surface area contributed by atoms with Gasteiger partial charge in [-0.1, -0.05) is 34.8 Å². The Morgan fingerprint density at radius 3 is 2.52 bits per heavy atom. The lowest BCUT2D eigenvalue weighted by atomic mass is 10.2. The number of benzene rings is 2. The van der Waals surface area contributed by atoms with E-state index < -0.39 is 0 Å². The van der Waals surface area contributed by atoms with Crippen LogP contribution in [0.2, 0.25) is 15.1 Å². The fourth-order valence-corrected chi connectivity index (χ4v) is 2.81. The van der Waals surface area contributed by atoms with Crippen molar-refractivity contribution in [3.63, 3.8) is 0 Å². The summed E-state index contributed by atoms with van der Waals surface area (Å²) in [4.78, 5) is 16.7. The normalized spacial score (nSPS) is 10.9. The average Bonchev–Trinajstić information content (AvgIpc) is 2.52. The lowest BCUT2D eigenvalue weighted by molar-refractivity contribution is 0.296. The fraction of sp³-hybridized carbons (Fsp3) is 0.125. The molecular weight excluding hydrogens is 359 g/mol. The number of hydrogen-bond acceptors (Lipinski definition) is 3. The van der Waals surface area contributed by atoms with Crippen molar-refractivity contribution in [2.24, 2.45) is 0 Å². The number of nitrogens with zero attached hydrogens (tertiary/aromatic N) is 2. The minimum atomic E-state index is -0.209. The summed E-state index contributed by atoms with van der Waals surface area (Å²) in [5.74, 6) is 0.683. The molecule has 1 aromatic heterocycles. The zero-order valence-electron chi connectivity index (χ0n) is 11.8. The van der Waals surface area contributed by atoms with E-state index in [4.69, 9.17) is 39.5 Å². The van der Waals surface area contributed by atoms with E-state index in [1.807, 2.05) is 0 Å². The van der Waals surface area contributed by atoms with E-state index in [-0.39, 0.29) is 5.56 Å². The molecule has 0 saturated carbocycles. The summed E-state index contributed by atoms with van der Waals surface area (Å²) in [6.07, 6.45) is 1.45. The summed E-state index contributed by atoms with van der Waals surface area (Å²) in [6.45, 7) is 0.678. The second kappa shape index (κ2) is 6.79. The Kier molecular flexibility index (Phi) is 4.76. The van der Waals surface area contributed by atoms with E-state index in [9.17, 15) is 4.79 Å². The van der Waals surface area contributed by atoms with Gasteiger partial charge >= 0.3 is 0 Å². The van der Waals surface area contributed by atoms with Crippen molar-refractivity contribution in [3.8, 4) is 5.75 Å². The minimum absolute atomic E-state index is 0.209. The van der Waals surface area contributed by atoms with Crippen LogP contribution in [0.15, 0.2) is 47.5 Å². The number of rotatable bonds is 4. The third-order valence-corrected chi connectivity index (χ3v) is 4.02. The number of hydrogen-bond donors (Lipinski definition) is 0.